The minimum Gasteiger partial charge on any atom is -0.480 e. The molecule has 1 aliphatic heterocycles. The van der Waals surface area contributed by atoms with Crippen molar-refractivity contribution in [2.24, 2.45) is 11.5 Å². The summed E-state index contributed by atoms with van der Waals surface area (Å²) in [6, 6.07) is 18.0. The molecule has 0 saturated carbocycles. The van der Waals surface area contributed by atoms with Crippen molar-refractivity contribution in [3.63, 3.8) is 0 Å². The lowest BCUT2D eigenvalue weighted by atomic mass is 10.0. The fraction of sp³-hybridized carbons (Fsp3) is 0.300. The molecule has 7 nitrogen and oxygen atoms in total. The molecule has 144 valence electrons. The highest BCUT2D eigenvalue weighted by molar-refractivity contribution is 5.79. The molecule has 1 aliphatic rings. The van der Waals surface area contributed by atoms with Crippen molar-refractivity contribution in [3.05, 3.63) is 60.2 Å². The van der Waals surface area contributed by atoms with E-state index in [0.29, 0.717) is 19.5 Å². The molecule has 1 saturated heterocycles. The lowest BCUT2D eigenvalue weighted by Crippen LogP contribution is -2.39. The summed E-state index contributed by atoms with van der Waals surface area (Å²) in [5, 5.41) is 14.0. The van der Waals surface area contributed by atoms with Gasteiger partial charge in [-0.1, -0.05) is 54.6 Å². The Morgan fingerprint density at radius 3 is 2.19 bits per heavy atom. The van der Waals surface area contributed by atoms with E-state index in [-0.39, 0.29) is 18.5 Å². The van der Waals surface area contributed by atoms with E-state index in [1.807, 2.05) is 18.2 Å². The van der Waals surface area contributed by atoms with E-state index in [9.17, 15) is 9.59 Å². The second kappa shape index (κ2) is 10.4. The third-order valence-corrected chi connectivity index (χ3v) is 4.28. The maximum absolute atomic E-state index is 10.8. The maximum Gasteiger partial charge on any atom is 0.320 e. The normalized spacial score (nSPS) is 18.3. The number of benzene rings is 2. The zero-order chi connectivity index (χ0) is 19.6. The molecule has 0 spiro atoms. The number of nitrogens with two attached hydrogens (primary N) is 2. The number of hydrogen-bond acceptors (Lipinski definition) is 5. The first kappa shape index (κ1) is 20.6. The number of nitrogens with one attached hydrogen (secondary N) is 2. The van der Waals surface area contributed by atoms with Crippen LogP contribution in [0.5, 0.6) is 0 Å². The summed E-state index contributed by atoms with van der Waals surface area (Å²) in [5.41, 5.74) is 14.3. The lowest BCUT2D eigenvalue weighted by molar-refractivity contribution is -0.139. The minimum absolute atomic E-state index is 0.0613. The molecule has 3 rings (SSSR count). The van der Waals surface area contributed by atoms with E-state index in [1.165, 1.54) is 16.7 Å². The van der Waals surface area contributed by atoms with Crippen molar-refractivity contribution >= 4 is 11.9 Å². The van der Waals surface area contributed by atoms with E-state index in [2.05, 4.69) is 47.0 Å². The number of carbonyl (C=O) groups excluding carboxylic acids is 1. The Bertz CT molecular complexity index is 735. The first-order valence-corrected chi connectivity index (χ1v) is 8.83. The van der Waals surface area contributed by atoms with E-state index in [1.54, 1.807) is 0 Å². The van der Waals surface area contributed by atoms with Crippen LogP contribution in [0.3, 0.4) is 0 Å². The summed E-state index contributed by atoms with van der Waals surface area (Å²) in [5.74, 6) is -1.14. The van der Waals surface area contributed by atoms with Gasteiger partial charge in [0.05, 0.1) is 6.54 Å². The Morgan fingerprint density at radius 2 is 1.67 bits per heavy atom. The van der Waals surface area contributed by atoms with Gasteiger partial charge in [-0.25, -0.2) is 0 Å². The molecule has 2 aromatic carbocycles. The van der Waals surface area contributed by atoms with Gasteiger partial charge in [0, 0.05) is 19.1 Å². The van der Waals surface area contributed by atoms with Crippen molar-refractivity contribution in [3.8, 4) is 11.1 Å². The number of aliphatic carboxylic acids is 1. The predicted molar refractivity (Wildman–Crippen MR) is 105 cm³/mol. The van der Waals surface area contributed by atoms with Crippen molar-refractivity contribution < 1.29 is 14.7 Å². The summed E-state index contributed by atoms with van der Waals surface area (Å²) in [6.07, 6.45) is 0.418. The molecule has 7 heteroatoms. The third-order valence-electron chi connectivity index (χ3n) is 4.28. The fourth-order valence-corrected chi connectivity index (χ4v) is 2.78. The number of carbonyl (C=O) groups is 2. The molecule has 1 unspecified atom stereocenters. The molecular weight excluding hydrogens is 344 g/mol. The van der Waals surface area contributed by atoms with Crippen LogP contribution in [0.2, 0.25) is 0 Å². The lowest BCUT2D eigenvalue weighted by Gasteiger charge is -2.09. The maximum atomic E-state index is 10.8. The van der Waals surface area contributed by atoms with Gasteiger partial charge in [0.15, 0.2) is 0 Å². The highest BCUT2D eigenvalue weighted by atomic mass is 16.4. The Morgan fingerprint density at radius 1 is 1.04 bits per heavy atom. The molecule has 1 amide bonds. The summed E-state index contributed by atoms with van der Waals surface area (Å²) >= 11 is 0. The van der Waals surface area contributed by atoms with Crippen LogP contribution in [0, 0.1) is 0 Å². The monoisotopic (exact) mass is 370 g/mol. The standard InChI is InChI=1S/C13H13N.C7H13N3O3/c14-10-11-6-8-13(9-7-11)12-4-2-1-3-5-12;8-2-6(11)10-4-1-5(7(12)13)9-3-4/h1-9H,10,14H2;4-5,9H,1-3,8H2,(H,10,11)(H,12,13)/t;4?,5-/m.0/s1. The molecule has 0 aromatic heterocycles. The number of rotatable bonds is 5. The van der Waals surface area contributed by atoms with E-state index < -0.39 is 12.0 Å². The van der Waals surface area contributed by atoms with Crippen LogP contribution < -0.4 is 22.1 Å². The highest BCUT2D eigenvalue weighted by Gasteiger charge is 2.29. The van der Waals surface area contributed by atoms with Crippen LogP contribution >= 0.6 is 0 Å². The van der Waals surface area contributed by atoms with Gasteiger partial charge >= 0.3 is 5.97 Å². The Kier molecular flexibility index (Phi) is 7.94. The SMILES string of the molecule is NCC(=O)NC1CN[C@H](C(=O)O)C1.NCc1ccc(-c2ccccc2)cc1. The second-order valence-corrected chi connectivity index (χ2v) is 6.27. The zero-order valence-electron chi connectivity index (χ0n) is 15.1. The summed E-state index contributed by atoms with van der Waals surface area (Å²) in [7, 11) is 0. The highest BCUT2D eigenvalue weighted by Crippen LogP contribution is 2.18. The average molecular weight is 370 g/mol. The molecule has 0 aliphatic carbocycles. The predicted octanol–water partition coefficient (Wildman–Crippen LogP) is 0.689. The molecule has 2 aromatic rings. The summed E-state index contributed by atoms with van der Waals surface area (Å²) in [4.78, 5) is 21.3. The van der Waals surface area contributed by atoms with Gasteiger partial charge in [-0.15, -0.1) is 0 Å². The number of amides is 1. The van der Waals surface area contributed by atoms with Gasteiger partial charge in [-0.3, -0.25) is 9.59 Å². The van der Waals surface area contributed by atoms with Crippen LogP contribution in [0.15, 0.2) is 54.6 Å². The molecular formula is C20H26N4O3. The van der Waals surface area contributed by atoms with E-state index >= 15 is 0 Å². The van der Waals surface area contributed by atoms with E-state index in [0.717, 1.165) is 0 Å². The van der Waals surface area contributed by atoms with Gasteiger partial charge in [0.2, 0.25) is 5.91 Å². The summed E-state index contributed by atoms with van der Waals surface area (Å²) < 4.78 is 0. The molecule has 7 N–H and O–H groups in total. The van der Waals surface area contributed by atoms with Gasteiger partial charge in [0.25, 0.3) is 0 Å². The molecule has 1 fully saturated rings. The van der Waals surface area contributed by atoms with Crippen molar-refractivity contribution in [1.82, 2.24) is 10.6 Å². The van der Waals surface area contributed by atoms with E-state index in [4.69, 9.17) is 16.6 Å². The van der Waals surface area contributed by atoms with Gasteiger partial charge in [-0.05, 0) is 23.1 Å². The van der Waals surface area contributed by atoms with Crippen molar-refractivity contribution in [2.45, 2.75) is 25.0 Å². The smallest absolute Gasteiger partial charge is 0.320 e. The van der Waals surface area contributed by atoms with Crippen molar-refractivity contribution in [1.29, 1.82) is 0 Å². The second-order valence-electron chi connectivity index (χ2n) is 6.27. The molecule has 0 radical (unpaired) electrons. The summed E-state index contributed by atoms with van der Waals surface area (Å²) in [6.45, 7) is 1.03. The number of carboxylic acid groups (broad SMARTS) is 1. The van der Waals surface area contributed by atoms with Crippen LogP contribution in [-0.2, 0) is 16.1 Å². The molecule has 0 bridgehead atoms. The first-order chi connectivity index (χ1) is 13.0. The van der Waals surface area contributed by atoms with Crippen molar-refractivity contribution in [2.75, 3.05) is 13.1 Å². The number of carboxylic acids is 1. The van der Waals surface area contributed by atoms with Gasteiger partial charge < -0.3 is 27.2 Å². The topological polar surface area (TPSA) is 130 Å². The molecule has 27 heavy (non-hydrogen) atoms. The quantitative estimate of drug-likeness (QED) is 0.526. The number of hydrogen-bond donors (Lipinski definition) is 5. The zero-order valence-corrected chi connectivity index (χ0v) is 15.1. The van der Waals surface area contributed by atoms with Crippen LogP contribution in [0.25, 0.3) is 11.1 Å². The largest absolute Gasteiger partial charge is 0.480 e. The molecule has 1 heterocycles. The Hall–Kier alpha value is -2.74. The molecule has 2 atom stereocenters. The van der Waals surface area contributed by atoms with Crippen LogP contribution in [-0.4, -0.2) is 42.2 Å². The Balaban J connectivity index is 0.000000194. The van der Waals surface area contributed by atoms with Gasteiger partial charge in [0.1, 0.15) is 6.04 Å². The van der Waals surface area contributed by atoms with Crippen LogP contribution in [0.1, 0.15) is 12.0 Å². The van der Waals surface area contributed by atoms with Gasteiger partial charge in [-0.2, -0.15) is 0 Å². The Labute approximate surface area is 158 Å². The average Bonchev–Trinajstić information content (AvgIpc) is 3.18. The first-order valence-electron chi connectivity index (χ1n) is 8.83. The fourth-order valence-electron chi connectivity index (χ4n) is 2.78. The van der Waals surface area contributed by atoms with Crippen LogP contribution in [0.4, 0.5) is 0 Å². The minimum atomic E-state index is -0.885. The third kappa shape index (κ3) is 6.49.